The number of ether oxygens (including phenoxy) is 1. The minimum atomic E-state index is 0.0516. The maximum absolute atomic E-state index is 5.38. The van der Waals surface area contributed by atoms with Crippen LogP contribution in [0.1, 0.15) is 89.0 Å². The fourth-order valence-corrected chi connectivity index (χ4v) is 0.408. The van der Waals surface area contributed by atoms with Gasteiger partial charge in [-0.3, -0.25) is 0 Å². The third-order valence-corrected chi connectivity index (χ3v) is 0.739. The van der Waals surface area contributed by atoms with E-state index in [0.29, 0.717) is 0 Å². The van der Waals surface area contributed by atoms with Gasteiger partial charge < -0.3 is 4.74 Å². The van der Waals surface area contributed by atoms with Gasteiger partial charge in [0.1, 0.15) is 0 Å². The SMILES string of the molecule is CC.CC(C)C.CCC.CCCOC(C)(C)C. The summed E-state index contributed by atoms with van der Waals surface area (Å²) in [6.45, 7) is 24.0. The molecule has 0 aromatic carbocycles. The van der Waals surface area contributed by atoms with E-state index in [4.69, 9.17) is 4.74 Å². The van der Waals surface area contributed by atoms with Crippen molar-refractivity contribution in [2.24, 2.45) is 5.92 Å². The van der Waals surface area contributed by atoms with E-state index in [1.807, 2.05) is 13.8 Å². The van der Waals surface area contributed by atoms with Crippen molar-refractivity contribution in [3.05, 3.63) is 0 Å². The van der Waals surface area contributed by atoms with Crippen molar-refractivity contribution in [2.75, 3.05) is 6.61 Å². The van der Waals surface area contributed by atoms with Gasteiger partial charge in [0.15, 0.2) is 0 Å². The lowest BCUT2D eigenvalue weighted by molar-refractivity contribution is -0.00236. The second kappa shape index (κ2) is 21.3. The average Bonchev–Trinajstić information content (AvgIpc) is 2.17. The average molecular weight is 248 g/mol. The minimum Gasteiger partial charge on any atom is -0.376 e. The molecule has 0 fully saturated rings. The molecule has 0 bridgehead atoms. The first kappa shape index (κ1) is 25.7. The molecule has 0 aliphatic carbocycles. The van der Waals surface area contributed by atoms with Crippen molar-refractivity contribution in [1.82, 2.24) is 0 Å². The maximum Gasteiger partial charge on any atom is 0.0598 e. The number of rotatable bonds is 2. The van der Waals surface area contributed by atoms with Gasteiger partial charge in [-0.25, -0.2) is 0 Å². The predicted molar refractivity (Wildman–Crippen MR) is 83.8 cm³/mol. The van der Waals surface area contributed by atoms with Gasteiger partial charge in [0.05, 0.1) is 5.60 Å². The van der Waals surface area contributed by atoms with Crippen molar-refractivity contribution >= 4 is 0 Å². The summed E-state index contributed by atoms with van der Waals surface area (Å²) in [6, 6.07) is 0. The van der Waals surface area contributed by atoms with Crippen LogP contribution in [0.4, 0.5) is 0 Å². The van der Waals surface area contributed by atoms with Crippen LogP contribution in [-0.2, 0) is 4.74 Å². The van der Waals surface area contributed by atoms with Gasteiger partial charge in [-0.2, -0.15) is 0 Å². The summed E-state index contributed by atoms with van der Waals surface area (Å²) in [5.41, 5.74) is 0.0516. The second-order valence-corrected chi connectivity index (χ2v) is 5.40. The molecule has 0 aliphatic heterocycles. The molecule has 0 rings (SSSR count). The molecule has 0 radical (unpaired) electrons. The summed E-state index contributed by atoms with van der Waals surface area (Å²) >= 11 is 0. The Morgan fingerprint density at radius 1 is 0.882 bits per heavy atom. The van der Waals surface area contributed by atoms with Gasteiger partial charge in [-0.1, -0.05) is 61.8 Å². The molecule has 0 saturated heterocycles. The Hall–Kier alpha value is -0.0400. The van der Waals surface area contributed by atoms with Crippen molar-refractivity contribution in [1.29, 1.82) is 0 Å². The molecule has 0 aliphatic rings. The lowest BCUT2D eigenvalue weighted by Crippen LogP contribution is -2.19. The highest BCUT2D eigenvalue weighted by Crippen LogP contribution is 2.05. The van der Waals surface area contributed by atoms with Gasteiger partial charge >= 0.3 is 0 Å². The van der Waals surface area contributed by atoms with Crippen LogP contribution < -0.4 is 0 Å². The smallest absolute Gasteiger partial charge is 0.0598 e. The molecule has 0 saturated carbocycles. The summed E-state index contributed by atoms with van der Waals surface area (Å²) in [4.78, 5) is 0. The van der Waals surface area contributed by atoms with Crippen LogP contribution in [0.5, 0.6) is 0 Å². The highest BCUT2D eigenvalue weighted by molar-refractivity contribution is 4.57. The van der Waals surface area contributed by atoms with Gasteiger partial charge in [-0.15, -0.1) is 0 Å². The van der Waals surface area contributed by atoms with E-state index in [9.17, 15) is 0 Å². The zero-order valence-electron chi connectivity index (χ0n) is 14.6. The third kappa shape index (κ3) is 126. The summed E-state index contributed by atoms with van der Waals surface area (Å²) in [7, 11) is 0. The Labute approximate surface area is 112 Å². The maximum atomic E-state index is 5.38. The second-order valence-electron chi connectivity index (χ2n) is 5.40. The lowest BCUT2D eigenvalue weighted by Gasteiger charge is -2.18. The first-order valence-electron chi connectivity index (χ1n) is 7.35. The molecule has 0 atom stereocenters. The fourth-order valence-electron chi connectivity index (χ4n) is 0.408. The van der Waals surface area contributed by atoms with Crippen LogP contribution >= 0.6 is 0 Å². The minimum absolute atomic E-state index is 0.0516. The molecule has 110 valence electrons. The third-order valence-electron chi connectivity index (χ3n) is 0.739. The van der Waals surface area contributed by atoms with Crippen LogP contribution in [-0.4, -0.2) is 12.2 Å². The molecule has 0 amide bonds. The Kier molecular flexibility index (Phi) is 32.2. The first-order valence-corrected chi connectivity index (χ1v) is 7.35. The molecule has 0 unspecified atom stereocenters. The normalized spacial score (nSPS) is 9.18. The van der Waals surface area contributed by atoms with Crippen LogP contribution in [0, 0.1) is 5.92 Å². The fraction of sp³-hybridized carbons (Fsp3) is 1.00. The molecule has 0 heterocycles. The lowest BCUT2D eigenvalue weighted by atomic mass is 10.2. The Morgan fingerprint density at radius 3 is 1.18 bits per heavy atom. The molecule has 0 spiro atoms. The summed E-state index contributed by atoms with van der Waals surface area (Å²) in [5.74, 6) is 0.833. The standard InChI is InChI=1S/C7H16O.C4H10.C3H8.C2H6/c1-5-6-8-7(2,3)4;1-4(2)3;1-3-2;1-2/h5-6H2,1-4H3;4H,1-3H3;3H2,1-2H3;1-2H3. The Balaban J connectivity index is -0.0000000792. The van der Waals surface area contributed by atoms with E-state index in [1.165, 1.54) is 6.42 Å². The number of hydrogen-bond donors (Lipinski definition) is 0. The van der Waals surface area contributed by atoms with E-state index >= 15 is 0 Å². The molecular formula is C16H40O. The van der Waals surface area contributed by atoms with Crippen LogP contribution in [0.2, 0.25) is 0 Å². The van der Waals surface area contributed by atoms with E-state index in [2.05, 4.69) is 62.3 Å². The molecule has 1 heteroatoms. The van der Waals surface area contributed by atoms with E-state index in [0.717, 1.165) is 18.9 Å². The van der Waals surface area contributed by atoms with Crippen molar-refractivity contribution in [3.63, 3.8) is 0 Å². The summed E-state index contributed by atoms with van der Waals surface area (Å²) in [6.07, 6.45) is 2.36. The molecule has 0 aromatic rings. The molecule has 17 heavy (non-hydrogen) atoms. The quantitative estimate of drug-likeness (QED) is 0.556. The zero-order valence-corrected chi connectivity index (χ0v) is 14.6. The Bertz CT molecular complexity index is 87.4. The number of hydrogen-bond acceptors (Lipinski definition) is 1. The largest absolute Gasteiger partial charge is 0.376 e. The van der Waals surface area contributed by atoms with E-state index in [-0.39, 0.29) is 5.60 Å². The van der Waals surface area contributed by atoms with Gasteiger partial charge in [0.2, 0.25) is 0 Å². The summed E-state index contributed by atoms with van der Waals surface area (Å²) in [5, 5.41) is 0. The van der Waals surface area contributed by atoms with E-state index in [1.54, 1.807) is 0 Å². The molecule has 0 aromatic heterocycles. The first-order chi connectivity index (χ1) is 7.71. The molecule has 1 nitrogen and oxygen atoms in total. The highest BCUT2D eigenvalue weighted by Gasteiger charge is 2.07. The Morgan fingerprint density at radius 2 is 1.12 bits per heavy atom. The van der Waals surface area contributed by atoms with Gasteiger partial charge in [0, 0.05) is 6.61 Å². The highest BCUT2D eigenvalue weighted by atomic mass is 16.5. The van der Waals surface area contributed by atoms with Crippen molar-refractivity contribution in [3.8, 4) is 0 Å². The zero-order chi connectivity index (χ0) is 14.9. The van der Waals surface area contributed by atoms with Crippen molar-refractivity contribution in [2.45, 2.75) is 94.6 Å². The van der Waals surface area contributed by atoms with Gasteiger partial charge in [-0.05, 0) is 33.1 Å². The monoisotopic (exact) mass is 248 g/mol. The van der Waals surface area contributed by atoms with Gasteiger partial charge in [0.25, 0.3) is 0 Å². The topological polar surface area (TPSA) is 9.23 Å². The van der Waals surface area contributed by atoms with Crippen LogP contribution in [0.15, 0.2) is 0 Å². The van der Waals surface area contributed by atoms with E-state index < -0.39 is 0 Å². The molecular weight excluding hydrogens is 208 g/mol. The summed E-state index contributed by atoms with van der Waals surface area (Å²) < 4.78 is 5.38. The van der Waals surface area contributed by atoms with Crippen molar-refractivity contribution < 1.29 is 4.74 Å². The predicted octanol–water partition coefficient (Wildman–Crippen LogP) is 6.32. The molecule has 0 N–H and O–H groups in total. The van der Waals surface area contributed by atoms with Crippen LogP contribution in [0.3, 0.4) is 0 Å². The van der Waals surface area contributed by atoms with Crippen LogP contribution in [0.25, 0.3) is 0 Å².